The summed E-state index contributed by atoms with van der Waals surface area (Å²) in [7, 11) is 0. The van der Waals surface area contributed by atoms with Crippen LogP contribution in [0.5, 0.6) is 0 Å². The molecule has 1 unspecified atom stereocenters. The van der Waals surface area contributed by atoms with Crippen molar-refractivity contribution in [2.75, 3.05) is 0 Å². The Labute approximate surface area is 111 Å². The van der Waals surface area contributed by atoms with Crippen LogP contribution in [0.15, 0.2) is 24.3 Å². The maximum absolute atomic E-state index is 5.73. The summed E-state index contributed by atoms with van der Waals surface area (Å²) in [5.41, 5.74) is 7.01. The van der Waals surface area contributed by atoms with Crippen LogP contribution >= 0.6 is 37.2 Å². The Bertz CT molecular complexity index is 230. The van der Waals surface area contributed by atoms with Crippen molar-refractivity contribution in [3.05, 3.63) is 29.8 Å². The Kier molecular flexibility index (Phi) is 14.1. The second kappa shape index (κ2) is 9.41. The normalized spacial score (nSPS) is 10.1. The van der Waals surface area contributed by atoms with Gasteiger partial charge in [0.2, 0.25) is 0 Å². The maximum atomic E-state index is 5.73. The summed E-state index contributed by atoms with van der Waals surface area (Å²) in [5.74, 6) is 0. The Morgan fingerprint density at radius 1 is 1.15 bits per heavy atom. The van der Waals surface area contributed by atoms with Gasteiger partial charge in [-0.1, -0.05) is 0 Å². The number of halogens is 3. The van der Waals surface area contributed by atoms with Gasteiger partial charge < -0.3 is 0 Å². The number of benzene rings is 1. The first kappa shape index (κ1) is 19.4. The fourth-order valence-electron chi connectivity index (χ4n) is 0.894. The topological polar surface area (TPSA) is 26.0 Å². The molecule has 0 saturated heterocycles. The molecular weight excluding hydrogens is 335 g/mol. The number of rotatable bonds is 1. The van der Waals surface area contributed by atoms with Gasteiger partial charge in [-0.25, -0.2) is 0 Å². The monoisotopic (exact) mass is 348 g/mol. The molecule has 1 aromatic carbocycles. The van der Waals surface area contributed by atoms with Crippen molar-refractivity contribution in [1.29, 1.82) is 0 Å². The quantitative estimate of drug-likeness (QED) is 0.769. The molecule has 1 atom stereocenters. The van der Waals surface area contributed by atoms with Crippen LogP contribution in [0.2, 0.25) is 0 Å². The molecule has 0 saturated carbocycles. The SMILES string of the molecule is CC(N)c1cccc[c]1[Sn].Cl.Cl.Cl. The zero-order chi connectivity index (χ0) is 7.56. The molecule has 0 fully saturated rings. The van der Waals surface area contributed by atoms with Gasteiger partial charge in [-0.15, -0.1) is 37.2 Å². The zero-order valence-electron chi connectivity index (χ0n) is 7.19. The summed E-state index contributed by atoms with van der Waals surface area (Å²) in [6, 6.07) is 8.48. The van der Waals surface area contributed by atoms with E-state index in [0.717, 1.165) is 0 Å². The van der Waals surface area contributed by atoms with Gasteiger partial charge in [-0.3, -0.25) is 0 Å². The van der Waals surface area contributed by atoms with Gasteiger partial charge in [-0.05, 0) is 0 Å². The Balaban J connectivity index is -0.000000333. The molecule has 1 rings (SSSR count). The third kappa shape index (κ3) is 6.02. The van der Waals surface area contributed by atoms with E-state index < -0.39 is 0 Å². The van der Waals surface area contributed by atoms with Crippen molar-refractivity contribution < 1.29 is 0 Å². The fourth-order valence-corrected chi connectivity index (χ4v) is 2.06. The Morgan fingerprint density at radius 3 is 1.92 bits per heavy atom. The van der Waals surface area contributed by atoms with Crippen LogP contribution < -0.4 is 9.31 Å². The minimum absolute atomic E-state index is 0. The predicted octanol–water partition coefficient (Wildman–Crippen LogP) is 1.77. The summed E-state index contributed by atoms with van der Waals surface area (Å²) in [4.78, 5) is 0. The minimum atomic E-state index is 0. The van der Waals surface area contributed by atoms with Gasteiger partial charge in [0.1, 0.15) is 0 Å². The molecule has 0 amide bonds. The third-order valence-electron chi connectivity index (χ3n) is 1.45. The van der Waals surface area contributed by atoms with E-state index in [1.165, 1.54) is 31.7 Å². The molecule has 2 N–H and O–H groups in total. The van der Waals surface area contributed by atoms with Crippen molar-refractivity contribution in [3.8, 4) is 0 Å². The van der Waals surface area contributed by atoms with Crippen molar-refractivity contribution in [3.63, 3.8) is 0 Å². The first-order chi connectivity index (χ1) is 4.72. The van der Waals surface area contributed by atoms with Crippen molar-refractivity contribution in [1.82, 2.24) is 0 Å². The standard InChI is InChI=1S/C8H10N.3ClH.Sn/c1-7(9)8-5-3-2-4-6-8;;;;/h2-5,7H,9H2,1H3;3*1H;. The van der Waals surface area contributed by atoms with Crippen LogP contribution in [0.3, 0.4) is 0 Å². The molecule has 3 radical (unpaired) electrons. The largest absolute Gasteiger partial charge is 0.147 e. The van der Waals surface area contributed by atoms with E-state index >= 15 is 0 Å². The van der Waals surface area contributed by atoms with E-state index in [4.69, 9.17) is 5.73 Å². The fraction of sp³-hybridized carbons (Fsp3) is 0.250. The van der Waals surface area contributed by atoms with Crippen LogP contribution in [0.25, 0.3) is 0 Å². The van der Waals surface area contributed by atoms with Crippen LogP contribution in [0.1, 0.15) is 18.5 Å². The van der Waals surface area contributed by atoms with E-state index in [0.29, 0.717) is 0 Å². The molecule has 1 aromatic rings. The van der Waals surface area contributed by atoms with Crippen molar-refractivity contribution >= 4 is 63.3 Å². The predicted molar refractivity (Wildman–Crippen MR) is 66.2 cm³/mol. The summed E-state index contributed by atoms with van der Waals surface area (Å²) < 4.78 is 1.37. The van der Waals surface area contributed by atoms with E-state index in [9.17, 15) is 0 Å². The van der Waals surface area contributed by atoms with Crippen LogP contribution in [-0.2, 0) is 0 Å². The minimum Gasteiger partial charge on any atom is -0.147 e. The molecule has 0 aliphatic rings. The first-order valence-electron chi connectivity index (χ1n) is 3.28. The molecule has 5 heteroatoms. The second-order valence-corrected chi connectivity index (χ2v) is 3.91. The molecule has 0 aliphatic carbocycles. The Hall–Kier alpha value is 0.849. The summed E-state index contributed by atoms with van der Waals surface area (Å²) in [6.45, 7) is 2.02. The van der Waals surface area contributed by atoms with Gasteiger partial charge in [0.05, 0.1) is 0 Å². The summed E-state index contributed by atoms with van der Waals surface area (Å²) in [6.07, 6.45) is 0. The van der Waals surface area contributed by atoms with Crippen LogP contribution in [0.4, 0.5) is 0 Å². The average Bonchev–Trinajstić information content (AvgIpc) is 1.88. The van der Waals surface area contributed by atoms with Gasteiger partial charge in [0.15, 0.2) is 0 Å². The second-order valence-electron chi connectivity index (χ2n) is 2.38. The molecule has 1 nitrogen and oxygen atoms in total. The molecular formula is C8H13Cl3NSn. The van der Waals surface area contributed by atoms with E-state index in [1.807, 2.05) is 13.0 Å². The molecule has 0 spiro atoms. The Morgan fingerprint density at radius 2 is 1.62 bits per heavy atom. The van der Waals surface area contributed by atoms with E-state index in [-0.39, 0.29) is 43.3 Å². The van der Waals surface area contributed by atoms with Crippen molar-refractivity contribution in [2.24, 2.45) is 5.73 Å². The van der Waals surface area contributed by atoms with Crippen LogP contribution in [0, 0.1) is 0 Å². The van der Waals surface area contributed by atoms with Gasteiger partial charge >= 0.3 is 74.6 Å². The third-order valence-corrected chi connectivity index (χ3v) is 2.75. The van der Waals surface area contributed by atoms with Gasteiger partial charge in [0, 0.05) is 0 Å². The molecule has 13 heavy (non-hydrogen) atoms. The molecule has 75 valence electrons. The first-order valence-corrected chi connectivity index (χ1v) is 4.70. The van der Waals surface area contributed by atoms with Crippen molar-refractivity contribution in [2.45, 2.75) is 13.0 Å². The van der Waals surface area contributed by atoms with Gasteiger partial charge in [-0.2, -0.15) is 0 Å². The smallest absolute Gasteiger partial charge is 0.147 e. The van der Waals surface area contributed by atoms with Crippen LogP contribution in [-0.4, -0.2) is 22.5 Å². The number of hydrogen-bond donors (Lipinski definition) is 1. The maximum Gasteiger partial charge on any atom is -0.147 e. The summed E-state index contributed by atoms with van der Waals surface area (Å²) >= 11 is 1.44. The van der Waals surface area contributed by atoms with Gasteiger partial charge in [0.25, 0.3) is 0 Å². The average molecular weight is 348 g/mol. The molecule has 0 bridgehead atoms. The number of hydrogen-bond acceptors (Lipinski definition) is 1. The van der Waals surface area contributed by atoms with E-state index in [2.05, 4.69) is 18.2 Å². The zero-order valence-corrected chi connectivity index (χ0v) is 12.5. The number of nitrogens with two attached hydrogens (primary N) is 1. The summed E-state index contributed by atoms with van der Waals surface area (Å²) in [5, 5.41) is 0. The molecule has 0 heterocycles. The molecule has 0 aromatic heterocycles. The molecule has 0 aliphatic heterocycles. The van der Waals surface area contributed by atoms with E-state index in [1.54, 1.807) is 0 Å².